The van der Waals surface area contributed by atoms with Crippen molar-refractivity contribution in [2.45, 2.75) is 18.8 Å². The smallest absolute Gasteiger partial charge is 0.261 e. The van der Waals surface area contributed by atoms with Gasteiger partial charge in [-0.05, 0) is 30.7 Å². The minimum absolute atomic E-state index is 0.0409. The van der Waals surface area contributed by atoms with E-state index in [1.807, 2.05) is 24.3 Å². The molecule has 1 heterocycles. The first kappa shape index (κ1) is 14.2. The topological polar surface area (TPSA) is 38.5 Å². The van der Waals surface area contributed by atoms with Crippen LogP contribution in [-0.4, -0.2) is 43.6 Å². The van der Waals surface area contributed by atoms with Crippen molar-refractivity contribution >= 4 is 0 Å². The number of ether oxygens (including phenoxy) is 1. The largest absolute Gasteiger partial charge is 0.492 e. The second-order valence-electron chi connectivity index (χ2n) is 4.91. The highest BCUT2D eigenvalue weighted by atomic mass is 19.3. The third-order valence-electron chi connectivity index (χ3n) is 3.28. The van der Waals surface area contributed by atoms with Crippen molar-refractivity contribution in [3.05, 3.63) is 29.8 Å². The Morgan fingerprint density at radius 2 is 2.00 bits per heavy atom. The molecule has 0 saturated carbocycles. The summed E-state index contributed by atoms with van der Waals surface area (Å²) in [5.41, 5.74) is 6.65. The zero-order chi connectivity index (χ0) is 13.7. The molecule has 0 spiro atoms. The van der Waals surface area contributed by atoms with Crippen LogP contribution in [0.25, 0.3) is 0 Å². The molecule has 1 fully saturated rings. The van der Waals surface area contributed by atoms with Gasteiger partial charge in [-0.15, -0.1) is 0 Å². The van der Waals surface area contributed by atoms with Crippen LogP contribution in [0, 0.1) is 0 Å². The molecule has 0 aromatic heterocycles. The summed E-state index contributed by atoms with van der Waals surface area (Å²) in [6.07, 6.45) is 0.809. The molecule has 0 unspecified atom stereocenters. The number of nitrogens with two attached hydrogens (primary N) is 1. The standard InChI is InChI=1S/C14H20F2N2O/c15-14(16)6-8-18(11-14)9-10-19-13-3-1-12(2-4-13)5-7-17/h1-4H,5-11,17H2. The zero-order valence-electron chi connectivity index (χ0n) is 10.9. The van der Waals surface area contributed by atoms with E-state index in [4.69, 9.17) is 10.5 Å². The fraction of sp³-hybridized carbons (Fsp3) is 0.571. The van der Waals surface area contributed by atoms with Crippen LogP contribution in [0.4, 0.5) is 8.78 Å². The monoisotopic (exact) mass is 270 g/mol. The van der Waals surface area contributed by atoms with Gasteiger partial charge in [-0.3, -0.25) is 4.90 Å². The van der Waals surface area contributed by atoms with Crippen LogP contribution >= 0.6 is 0 Å². The predicted octanol–water partition coefficient (Wildman–Crippen LogP) is 1.91. The molecule has 1 saturated heterocycles. The quantitative estimate of drug-likeness (QED) is 0.858. The molecular formula is C14H20F2N2O. The Labute approximate surface area is 112 Å². The highest BCUT2D eigenvalue weighted by molar-refractivity contribution is 5.27. The Morgan fingerprint density at radius 3 is 2.58 bits per heavy atom. The summed E-state index contributed by atoms with van der Waals surface area (Å²) in [4.78, 5) is 1.74. The SMILES string of the molecule is NCCc1ccc(OCCN2CCC(F)(F)C2)cc1. The number of benzene rings is 1. The van der Waals surface area contributed by atoms with Crippen molar-refractivity contribution in [1.82, 2.24) is 4.90 Å². The summed E-state index contributed by atoms with van der Waals surface area (Å²) in [6.45, 7) is 1.91. The third kappa shape index (κ3) is 4.44. The first-order chi connectivity index (χ1) is 9.09. The molecule has 19 heavy (non-hydrogen) atoms. The molecule has 0 radical (unpaired) electrons. The van der Waals surface area contributed by atoms with E-state index in [2.05, 4.69) is 0 Å². The minimum Gasteiger partial charge on any atom is -0.492 e. The van der Waals surface area contributed by atoms with Gasteiger partial charge in [-0.25, -0.2) is 8.78 Å². The maximum Gasteiger partial charge on any atom is 0.261 e. The van der Waals surface area contributed by atoms with Gasteiger partial charge >= 0.3 is 0 Å². The van der Waals surface area contributed by atoms with Crippen LogP contribution in [0.3, 0.4) is 0 Å². The maximum absolute atomic E-state index is 13.0. The molecule has 0 amide bonds. The van der Waals surface area contributed by atoms with Crippen LogP contribution < -0.4 is 10.5 Å². The van der Waals surface area contributed by atoms with E-state index in [1.54, 1.807) is 4.90 Å². The molecule has 1 aliphatic heterocycles. The summed E-state index contributed by atoms with van der Waals surface area (Å²) in [6, 6.07) is 7.74. The van der Waals surface area contributed by atoms with Crippen LogP contribution in [0.2, 0.25) is 0 Å². The van der Waals surface area contributed by atoms with Gasteiger partial charge < -0.3 is 10.5 Å². The third-order valence-corrected chi connectivity index (χ3v) is 3.28. The Morgan fingerprint density at radius 1 is 1.26 bits per heavy atom. The van der Waals surface area contributed by atoms with E-state index >= 15 is 0 Å². The minimum atomic E-state index is -2.52. The molecule has 5 heteroatoms. The highest BCUT2D eigenvalue weighted by Gasteiger charge is 2.37. The van der Waals surface area contributed by atoms with Crippen molar-refractivity contribution in [2.24, 2.45) is 5.73 Å². The number of likely N-dealkylation sites (tertiary alicyclic amines) is 1. The number of hydrogen-bond acceptors (Lipinski definition) is 3. The summed E-state index contributed by atoms with van der Waals surface area (Å²) in [7, 11) is 0. The number of nitrogens with zero attached hydrogens (tertiary/aromatic N) is 1. The summed E-state index contributed by atoms with van der Waals surface area (Å²) < 4.78 is 31.5. The first-order valence-corrected chi connectivity index (χ1v) is 6.61. The van der Waals surface area contributed by atoms with E-state index in [9.17, 15) is 8.78 Å². The van der Waals surface area contributed by atoms with Crippen molar-refractivity contribution in [2.75, 3.05) is 32.8 Å². The number of hydrogen-bond donors (Lipinski definition) is 1. The van der Waals surface area contributed by atoms with E-state index in [1.165, 1.54) is 5.56 Å². The van der Waals surface area contributed by atoms with Gasteiger partial charge in [0.15, 0.2) is 0 Å². The van der Waals surface area contributed by atoms with Gasteiger partial charge in [0.25, 0.3) is 5.92 Å². The Bertz CT molecular complexity index is 395. The maximum atomic E-state index is 13.0. The highest BCUT2D eigenvalue weighted by Crippen LogP contribution is 2.26. The average Bonchev–Trinajstić information content (AvgIpc) is 2.72. The van der Waals surface area contributed by atoms with E-state index in [-0.39, 0.29) is 13.0 Å². The van der Waals surface area contributed by atoms with Crippen molar-refractivity contribution < 1.29 is 13.5 Å². The van der Waals surface area contributed by atoms with Gasteiger partial charge in [0.2, 0.25) is 0 Å². The molecule has 1 aromatic carbocycles. The van der Waals surface area contributed by atoms with Gasteiger partial charge in [0, 0.05) is 19.5 Å². The number of halogens is 2. The second-order valence-corrected chi connectivity index (χ2v) is 4.91. The molecule has 0 atom stereocenters. The lowest BCUT2D eigenvalue weighted by Gasteiger charge is -2.15. The van der Waals surface area contributed by atoms with Gasteiger partial charge in [0.1, 0.15) is 12.4 Å². The molecular weight excluding hydrogens is 250 g/mol. The molecule has 1 aliphatic rings. The van der Waals surface area contributed by atoms with Gasteiger partial charge in [0.05, 0.1) is 6.54 Å². The Kier molecular flexibility index (Phi) is 4.71. The number of alkyl halides is 2. The second kappa shape index (κ2) is 6.30. The number of rotatable bonds is 6. The van der Waals surface area contributed by atoms with Crippen molar-refractivity contribution in [3.63, 3.8) is 0 Å². The van der Waals surface area contributed by atoms with E-state index in [0.717, 1.165) is 12.2 Å². The summed E-state index contributed by atoms with van der Waals surface area (Å²) in [5.74, 6) is -1.75. The summed E-state index contributed by atoms with van der Waals surface area (Å²) >= 11 is 0. The van der Waals surface area contributed by atoms with E-state index in [0.29, 0.717) is 26.2 Å². The Hall–Kier alpha value is -1.20. The molecule has 1 aromatic rings. The molecule has 106 valence electrons. The molecule has 3 nitrogen and oxygen atoms in total. The van der Waals surface area contributed by atoms with E-state index < -0.39 is 5.92 Å². The lowest BCUT2D eigenvalue weighted by Crippen LogP contribution is -2.29. The summed E-state index contributed by atoms with van der Waals surface area (Å²) in [5, 5.41) is 0. The molecule has 0 aliphatic carbocycles. The lowest BCUT2D eigenvalue weighted by atomic mass is 10.1. The van der Waals surface area contributed by atoms with Crippen LogP contribution in [0.1, 0.15) is 12.0 Å². The van der Waals surface area contributed by atoms with Crippen molar-refractivity contribution in [1.29, 1.82) is 0 Å². The van der Waals surface area contributed by atoms with Gasteiger partial charge in [-0.1, -0.05) is 12.1 Å². The predicted molar refractivity (Wildman–Crippen MR) is 70.7 cm³/mol. The average molecular weight is 270 g/mol. The molecule has 0 bridgehead atoms. The first-order valence-electron chi connectivity index (χ1n) is 6.61. The fourth-order valence-corrected chi connectivity index (χ4v) is 2.21. The fourth-order valence-electron chi connectivity index (χ4n) is 2.21. The molecule has 2 N–H and O–H groups in total. The van der Waals surface area contributed by atoms with Crippen LogP contribution in [0.15, 0.2) is 24.3 Å². The zero-order valence-corrected chi connectivity index (χ0v) is 10.9. The molecule has 2 rings (SSSR count). The van der Waals surface area contributed by atoms with Crippen LogP contribution in [-0.2, 0) is 6.42 Å². The lowest BCUT2D eigenvalue weighted by molar-refractivity contribution is 0.0113. The van der Waals surface area contributed by atoms with Crippen LogP contribution in [0.5, 0.6) is 5.75 Å². The van der Waals surface area contributed by atoms with Crippen molar-refractivity contribution in [3.8, 4) is 5.75 Å². The normalized spacial score (nSPS) is 18.7. The Balaban J connectivity index is 1.71. The van der Waals surface area contributed by atoms with Gasteiger partial charge in [-0.2, -0.15) is 0 Å².